The quantitative estimate of drug-likeness (QED) is 0.707. The molecule has 2 aliphatic rings. The van der Waals surface area contributed by atoms with Crippen molar-refractivity contribution in [2.45, 2.75) is 31.3 Å². The SMILES string of the molecule is O=C(Nc1cc(Cl)c(Cl)cc1F)N1[C@H]2CC[C@@H]1c1nccc(F)c1C2. The highest BCUT2D eigenvalue weighted by Gasteiger charge is 2.44. The summed E-state index contributed by atoms with van der Waals surface area (Å²) in [6.45, 7) is 0. The fraction of sp³-hybridized carbons (Fsp3) is 0.294. The number of amides is 2. The average Bonchev–Trinajstić information content (AvgIpc) is 2.89. The second kappa shape index (κ2) is 6.11. The van der Waals surface area contributed by atoms with Gasteiger partial charge in [-0.25, -0.2) is 13.6 Å². The summed E-state index contributed by atoms with van der Waals surface area (Å²) in [6.07, 6.45) is 3.26. The van der Waals surface area contributed by atoms with Gasteiger partial charge in [-0.3, -0.25) is 4.98 Å². The molecular weight excluding hydrogens is 371 g/mol. The van der Waals surface area contributed by atoms with E-state index >= 15 is 0 Å². The van der Waals surface area contributed by atoms with Crippen molar-refractivity contribution >= 4 is 34.9 Å². The third kappa shape index (κ3) is 2.73. The summed E-state index contributed by atoms with van der Waals surface area (Å²) in [6, 6.07) is 2.75. The van der Waals surface area contributed by atoms with Crippen molar-refractivity contribution in [2.75, 3.05) is 5.32 Å². The molecule has 2 bridgehead atoms. The molecule has 4 nitrogen and oxygen atoms in total. The number of anilines is 1. The lowest BCUT2D eigenvalue weighted by molar-refractivity contribution is 0.176. The van der Waals surface area contributed by atoms with Crippen molar-refractivity contribution in [1.82, 2.24) is 9.88 Å². The third-order valence-corrected chi connectivity index (χ3v) is 5.50. The lowest BCUT2D eigenvalue weighted by Crippen LogP contribution is -2.44. The second-order valence-electron chi connectivity index (χ2n) is 6.19. The minimum absolute atomic E-state index is 0.0446. The van der Waals surface area contributed by atoms with Gasteiger partial charge in [0, 0.05) is 17.8 Å². The number of hydrogen-bond acceptors (Lipinski definition) is 2. The van der Waals surface area contributed by atoms with E-state index in [0.29, 0.717) is 24.1 Å². The van der Waals surface area contributed by atoms with E-state index in [1.165, 1.54) is 18.3 Å². The summed E-state index contributed by atoms with van der Waals surface area (Å²) in [5.41, 5.74) is 1.11. The Balaban J connectivity index is 1.63. The molecule has 1 N–H and O–H groups in total. The smallest absolute Gasteiger partial charge is 0.313 e. The molecule has 0 saturated carbocycles. The Morgan fingerprint density at radius 3 is 2.76 bits per heavy atom. The number of pyridine rings is 1. The zero-order valence-electron chi connectivity index (χ0n) is 12.9. The van der Waals surface area contributed by atoms with Crippen molar-refractivity contribution in [2.24, 2.45) is 0 Å². The number of fused-ring (bicyclic) bond motifs is 4. The van der Waals surface area contributed by atoms with Crippen LogP contribution in [0, 0.1) is 11.6 Å². The Bertz CT molecular complexity index is 877. The number of nitrogens with one attached hydrogen (secondary N) is 1. The summed E-state index contributed by atoms with van der Waals surface area (Å²) in [5.74, 6) is -0.964. The van der Waals surface area contributed by atoms with Crippen LogP contribution in [0.25, 0.3) is 0 Å². The first-order chi connectivity index (χ1) is 12.0. The molecule has 1 aromatic heterocycles. The van der Waals surface area contributed by atoms with E-state index < -0.39 is 11.8 Å². The molecule has 2 aliphatic heterocycles. The molecule has 0 radical (unpaired) electrons. The van der Waals surface area contributed by atoms with E-state index in [2.05, 4.69) is 10.3 Å². The van der Waals surface area contributed by atoms with Crippen molar-refractivity contribution in [1.29, 1.82) is 0 Å². The lowest BCUT2D eigenvalue weighted by atomic mass is 9.98. The lowest BCUT2D eigenvalue weighted by Gasteiger charge is -2.35. The van der Waals surface area contributed by atoms with Crippen LogP contribution in [0.4, 0.5) is 19.3 Å². The van der Waals surface area contributed by atoms with E-state index in [0.717, 1.165) is 12.5 Å². The van der Waals surface area contributed by atoms with Crippen molar-refractivity contribution in [3.8, 4) is 0 Å². The van der Waals surface area contributed by atoms with Gasteiger partial charge in [-0.15, -0.1) is 0 Å². The van der Waals surface area contributed by atoms with Crippen molar-refractivity contribution in [3.63, 3.8) is 0 Å². The maximum absolute atomic E-state index is 14.0. The van der Waals surface area contributed by atoms with Gasteiger partial charge in [0.1, 0.15) is 11.6 Å². The number of rotatable bonds is 1. The van der Waals surface area contributed by atoms with Gasteiger partial charge in [-0.05, 0) is 37.5 Å². The topological polar surface area (TPSA) is 45.2 Å². The first-order valence-electron chi connectivity index (χ1n) is 7.83. The number of aromatic nitrogens is 1. The summed E-state index contributed by atoms with van der Waals surface area (Å²) in [4.78, 5) is 18.6. The Morgan fingerprint density at radius 2 is 1.96 bits per heavy atom. The van der Waals surface area contributed by atoms with E-state index in [4.69, 9.17) is 23.2 Å². The zero-order valence-corrected chi connectivity index (χ0v) is 14.4. The highest BCUT2D eigenvalue weighted by Crippen LogP contribution is 2.43. The minimum atomic E-state index is -0.670. The molecule has 0 aliphatic carbocycles. The molecular formula is C17H13Cl2F2N3O. The highest BCUT2D eigenvalue weighted by molar-refractivity contribution is 6.42. The molecule has 3 heterocycles. The Morgan fingerprint density at radius 1 is 1.20 bits per heavy atom. The summed E-state index contributed by atoms with van der Waals surface area (Å²) < 4.78 is 28.0. The fourth-order valence-corrected chi connectivity index (χ4v) is 3.98. The van der Waals surface area contributed by atoms with Gasteiger partial charge >= 0.3 is 6.03 Å². The summed E-state index contributed by atoms with van der Waals surface area (Å²) >= 11 is 11.7. The molecule has 130 valence electrons. The number of halogens is 4. The van der Waals surface area contributed by atoms with E-state index in [-0.39, 0.29) is 33.6 Å². The maximum atomic E-state index is 14.0. The molecule has 8 heteroatoms. The van der Waals surface area contributed by atoms with E-state index in [1.54, 1.807) is 4.90 Å². The fourth-order valence-electron chi connectivity index (χ4n) is 3.67. The van der Waals surface area contributed by atoms with Crippen molar-refractivity contribution in [3.05, 3.63) is 57.3 Å². The minimum Gasteiger partial charge on any atom is -0.313 e. The zero-order chi connectivity index (χ0) is 17.7. The van der Waals surface area contributed by atoms with Gasteiger partial charge < -0.3 is 10.2 Å². The first kappa shape index (κ1) is 16.5. The maximum Gasteiger partial charge on any atom is 0.322 e. The first-order valence-corrected chi connectivity index (χ1v) is 8.58. The normalized spacial score (nSPS) is 21.2. The predicted molar refractivity (Wildman–Crippen MR) is 90.9 cm³/mol. The van der Waals surface area contributed by atoms with Crippen LogP contribution in [-0.4, -0.2) is 22.0 Å². The molecule has 2 amide bonds. The van der Waals surface area contributed by atoms with Gasteiger partial charge in [0.15, 0.2) is 0 Å². The highest BCUT2D eigenvalue weighted by atomic mass is 35.5. The van der Waals surface area contributed by atoms with Gasteiger partial charge in [0.2, 0.25) is 0 Å². The molecule has 1 saturated heterocycles. The Labute approximate surface area is 152 Å². The van der Waals surface area contributed by atoms with Crippen LogP contribution in [-0.2, 0) is 6.42 Å². The third-order valence-electron chi connectivity index (χ3n) is 4.78. The van der Waals surface area contributed by atoms with E-state index in [9.17, 15) is 13.6 Å². The summed E-state index contributed by atoms with van der Waals surface area (Å²) in [7, 11) is 0. The van der Waals surface area contributed by atoms with Crippen LogP contribution in [0.15, 0.2) is 24.4 Å². The number of carbonyl (C=O) groups is 1. The molecule has 1 fully saturated rings. The van der Waals surface area contributed by atoms with Crippen LogP contribution >= 0.6 is 23.2 Å². The standard InChI is InChI=1S/C17H13Cl2F2N3O/c18-10-6-13(21)14(7-11(10)19)23-17(25)24-8-1-2-15(24)16-9(5-8)12(20)3-4-22-16/h3-4,6-8,15H,1-2,5H2,(H,23,25)/t8-,15+/m0/s1. The van der Waals surface area contributed by atoms with Crippen LogP contribution in [0.2, 0.25) is 10.0 Å². The molecule has 4 rings (SSSR count). The molecule has 0 spiro atoms. The number of carbonyl (C=O) groups excluding carboxylic acids is 1. The second-order valence-corrected chi connectivity index (χ2v) is 7.01. The van der Waals surface area contributed by atoms with Crippen LogP contribution in [0.5, 0.6) is 0 Å². The number of urea groups is 1. The van der Waals surface area contributed by atoms with Crippen LogP contribution in [0.1, 0.15) is 30.1 Å². The molecule has 1 aromatic carbocycles. The Kier molecular flexibility index (Phi) is 4.04. The molecule has 25 heavy (non-hydrogen) atoms. The predicted octanol–water partition coefficient (Wildman–Crippen LogP) is 4.96. The van der Waals surface area contributed by atoms with Gasteiger partial charge in [-0.1, -0.05) is 23.2 Å². The molecule has 2 aromatic rings. The number of nitrogens with zero attached hydrogens (tertiary/aromatic N) is 2. The van der Waals surface area contributed by atoms with Crippen LogP contribution < -0.4 is 5.32 Å². The summed E-state index contributed by atoms with van der Waals surface area (Å²) in [5, 5.41) is 2.76. The molecule has 2 atom stereocenters. The van der Waals surface area contributed by atoms with Gasteiger partial charge in [-0.2, -0.15) is 0 Å². The monoisotopic (exact) mass is 383 g/mol. The largest absolute Gasteiger partial charge is 0.322 e. The van der Waals surface area contributed by atoms with Crippen molar-refractivity contribution < 1.29 is 13.6 Å². The number of hydrogen-bond donors (Lipinski definition) is 1. The van der Waals surface area contributed by atoms with Crippen LogP contribution in [0.3, 0.4) is 0 Å². The Hall–Kier alpha value is -1.92. The molecule has 0 unspecified atom stereocenters. The van der Waals surface area contributed by atoms with Gasteiger partial charge in [0.05, 0.1) is 27.5 Å². The number of benzene rings is 1. The average molecular weight is 384 g/mol. The van der Waals surface area contributed by atoms with E-state index in [1.807, 2.05) is 0 Å². The van der Waals surface area contributed by atoms with Gasteiger partial charge in [0.25, 0.3) is 0 Å².